The van der Waals surface area contributed by atoms with Crippen molar-refractivity contribution in [3.63, 3.8) is 0 Å². The zero-order chi connectivity index (χ0) is 24.2. The van der Waals surface area contributed by atoms with Gasteiger partial charge < -0.3 is 19.7 Å². The zero-order valence-corrected chi connectivity index (χ0v) is 19.4. The van der Waals surface area contributed by atoms with Crippen LogP contribution < -0.4 is 5.56 Å². The summed E-state index contributed by atoms with van der Waals surface area (Å²) in [7, 11) is 1.76. The summed E-state index contributed by atoms with van der Waals surface area (Å²) in [6.45, 7) is 7.43. The standard InChI is InChI=1S/C11H9N5O3.C11H21NO2/c1-15-4-6(3-12-15)8-5-16-9(10(17)13-8)2-7(14-16)11(18)19;1-11(2,3)14-10(13)12-8-6-4-5-7-9-12/h2-5H,1H3,(H,13,17)(H,18,19);4-9H2,1-3H3. The van der Waals surface area contributed by atoms with Crippen molar-refractivity contribution in [2.45, 2.75) is 52.1 Å². The summed E-state index contributed by atoms with van der Waals surface area (Å²) in [4.78, 5) is 38.9. The average Bonchev–Trinajstić information content (AvgIpc) is 3.25. The number of aryl methyl sites for hydroxylation is 1. The number of carbonyl (C=O) groups is 2. The van der Waals surface area contributed by atoms with Gasteiger partial charge in [-0.2, -0.15) is 10.2 Å². The van der Waals surface area contributed by atoms with E-state index >= 15 is 0 Å². The van der Waals surface area contributed by atoms with E-state index in [0.29, 0.717) is 11.3 Å². The number of hydrogen-bond donors (Lipinski definition) is 2. The predicted molar refractivity (Wildman–Crippen MR) is 121 cm³/mol. The van der Waals surface area contributed by atoms with Crippen molar-refractivity contribution in [3.05, 3.63) is 40.7 Å². The molecule has 1 saturated heterocycles. The monoisotopic (exact) mass is 458 g/mol. The maximum atomic E-state index is 11.9. The predicted octanol–water partition coefficient (Wildman–Crippen LogP) is 2.92. The van der Waals surface area contributed by atoms with Crippen LogP contribution in [0.2, 0.25) is 0 Å². The second-order valence-electron chi connectivity index (χ2n) is 8.95. The molecule has 3 aromatic heterocycles. The first kappa shape index (κ1) is 24.0. The van der Waals surface area contributed by atoms with Crippen molar-refractivity contribution in [1.29, 1.82) is 0 Å². The third-order valence-electron chi connectivity index (χ3n) is 4.96. The van der Waals surface area contributed by atoms with Gasteiger partial charge in [0.1, 0.15) is 11.1 Å². The van der Waals surface area contributed by atoms with Crippen molar-refractivity contribution in [2.24, 2.45) is 7.05 Å². The molecule has 1 aliphatic rings. The number of nitrogens with one attached hydrogen (secondary N) is 1. The van der Waals surface area contributed by atoms with E-state index in [-0.39, 0.29) is 22.9 Å². The molecule has 4 heterocycles. The molecule has 4 rings (SSSR count). The van der Waals surface area contributed by atoms with E-state index in [4.69, 9.17) is 9.84 Å². The molecule has 0 radical (unpaired) electrons. The summed E-state index contributed by atoms with van der Waals surface area (Å²) in [5, 5.41) is 16.7. The molecule has 1 fully saturated rings. The summed E-state index contributed by atoms with van der Waals surface area (Å²) in [6, 6.07) is 1.23. The van der Waals surface area contributed by atoms with Gasteiger partial charge in [-0.25, -0.2) is 14.1 Å². The Labute approximate surface area is 191 Å². The third kappa shape index (κ3) is 6.43. The SMILES string of the molecule is CC(C)(C)OC(=O)N1CCCCCC1.Cn1cc(-c2cn3nc(C(=O)O)cc3c(=O)[nH]2)cn1. The number of aromatic nitrogens is 5. The molecule has 0 unspecified atom stereocenters. The molecule has 0 aliphatic carbocycles. The highest BCUT2D eigenvalue weighted by atomic mass is 16.6. The van der Waals surface area contributed by atoms with Crippen LogP contribution in [0.1, 0.15) is 56.9 Å². The molecule has 0 aromatic carbocycles. The van der Waals surface area contributed by atoms with Crippen LogP contribution in [-0.2, 0) is 11.8 Å². The summed E-state index contributed by atoms with van der Waals surface area (Å²) < 4.78 is 8.18. The van der Waals surface area contributed by atoms with E-state index in [1.54, 1.807) is 30.3 Å². The van der Waals surface area contributed by atoms with E-state index in [0.717, 1.165) is 25.9 Å². The molecule has 33 heavy (non-hydrogen) atoms. The first-order chi connectivity index (χ1) is 15.5. The van der Waals surface area contributed by atoms with Crippen LogP contribution >= 0.6 is 0 Å². The fourth-order valence-corrected chi connectivity index (χ4v) is 3.39. The number of carboxylic acid groups (broad SMARTS) is 1. The minimum absolute atomic E-state index is 0.153. The van der Waals surface area contributed by atoms with Crippen molar-refractivity contribution in [2.75, 3.05) is 13.1 Å². The number of aromatic amines is 1. The van der Waals surface area contributed by atoms with Gasteiger partial charge in [0.25, 0.3) is 5.56 Å². The molecule has 1 aliphatic heterocycles. The largest absolute Gasteiger partial charge is 0.476 e. The third-order valence-corrected chi connectivity index (χ3v) is 4.96. The molecule has 0 bridgehead atoms. The Morgan fingerprint density at radius 2 is 1.79 bits per heavy atom. The highest BCUT2D eigenvalue weighted by Crippen LogP contribution is 2.15. The van der Waals surface area contributed by atoms with Crippen molar-refractivity contribution < 1.29 is 19.4 Å². The molecule has 11 heteroatoms. The zero-order valence-electron chi connectivity index (χ0n) is 19.4. The molecule has 178 valence electrons. The average molecular weight is 459 g/mol. The lowest BCUT2D eigenvalue weighted by Gasteiger charge is -2.26. The van der Waals surface area contributed by atoms with Crippen molar-refractivity contribution in [3.8, 4) is 11.3 Å². The number of fused-ring (bicyclic) bond motifs is 1. The number of amides is 1. The number of likely N-dealkylation sites (tertiary alicyclic amines) is 1. The number of aromatic carboxylic acids is 1. The van der Waals surface area contributed by atoms with Crippen LogP contribution in [0.25, 0.3) is 16.8 Å². The Hall–Kier alpha value is -3.63. The van der Waals surface area contributed by atoms with Gasteiger partial charge in [-0.3, -0.25) is 9.48 Å². The number of hydrogen-bond acceptors (Lipinski definition) is 6. The van der Waals surface area contributed by atoms with Gasteiger partial charge in [0.15, 0.2) is 5.69 Å². The maximum absolute atomic E-state index is 11.9. The van der Waals surface area contributed by atoms with Gasteiger partial charge in [-0.1, -0.05) is 12.8 Å². The lowest BCUT2D eigenvalue weighted by Crippen LogP contribution is -2.37. The van der Waals surface area contributed by atoms with Gasteiger partial charge >= 0.3 is 12.1 Å². The van der Waals surface area contributed by atoms with Gasteiger partial charge in [0.2, 0.25) is 0 Å². The topological polar surface area (TPSA) is 135 Å². The Morgan fingerprint density at radius 3 is 2.33 bits per heavy atom. The smallest absolute Gasteiger partial charge is 0.410 e. The van der Waals surface area contributed by atoms with Crippen LogP contribution in [0.4, 0.5) is 4.79 Å². The van der Waals surface area contributed by atoms with Crippen molar-refractivity contribution >= 4 is 17.6 Å². The fraction of sp³-hybridized carbons (Fsp3) is 0.500. The molecule has 3 aromatic rings. The minimum atomic E-state index is -1.17. The molecule has 0 spiro atoms. The number of ether oxygens (including phenoxy) is 1. The number of carboxylic acids is 1. The lowest BCUT2D eigenvalue weighted by atomic mass is 10.2. The van der Waals surface area contributed by atoms with E-state index in [2.05, 4.69) is 15.2 Å². The summed E-state index contributed by atoms with van der Waals surface area (Å²) in [6.07, 6.45) is 9.42. The van der Waals surface area contributed by atoms with Crippen LogP contribution in [0.5, 0.6) is 0 Å². The van der Waals surface area contributed by atoms with Gasteiger partial charge in [0, 0.05) is 38.0 Å². The molecule has 0 saturated carbocycles. The van der Waals surface area contributed by atoms with E-state index in [1.807, 2.05) is 25.7 Å². The lowest BCUT2D eigenvalue weighted by molar-refractivity contribution is 0.0256. The molecular weight excluding hydrogens is 428 g/mol. The Morgan fingerprint density at radius 1 is 1.12 bits per heavy atom. The van der Waals surface area contributed by atoms with E-state index < -0.39 is 11.5 Å². The second-order valence-corrected chi connectivity index (χ2v) is 8.95. The van der Waals surface area contributed by atoms with Crippen molar-refractivity contribution in [1.82, 2.24) is 29.3 Å². The number of H-pyrrole nitrogens is 1. The molecule has 0 atom stereocenters. The first-order valence-corrected chi connectivity index (χ1v) is 10.9. The van der Waals surface area contributed by atoms with Gasteiger partial charge in [-0.15, -0.1) is 0 Å². The number of carbonyl (C=O) groups excluding carboxylic acids is 1. The van der Waals surface area contributed by atoms with Crippen LogP contribution in [0.15, 0.2) is 29.5 Å². The first-order valence-electron chi connectivity index (χ1n) is 10.9. The molecular formula is C22H30N6O5. The summed E-state index contributed by atoms with van der Waals surface area (Å²) in [5.74, 6) is -1.17. The van der Waals surface area contributed by atoms with E-state index in [9.17, 15) is 14.4 Å². The highest BCUT2D eigenvalue weighted by molar-refractivity contribution is 5.87. The molecule has 2 N–H and O–H groups in total. The van der Waals surface area contributed by atoms with Crippen LogP contribution in [-0.4, -0.2) is 65.1 Å². The minimum Gasteiger partial charge on any atom is -0.476 e. The summed E-state index contributed by atoms with van der Waals surface area (Å²) in [5.41, 5.74) is 0.475. The maximum Gasteiger partial charge on any atom is 0.410 e. The summed E-state index contributed by atoms with van der Waals surface area (Å²) >= 11 is 0. The van der Waals surface area contributed by atoms with Gasteiger partial charge in [0.05, 0.1) is 18.1 Å². The van der Waals surface area contributed by atoms with Gasteiger partial charge in [-0.05, 0) is 33.6 Å². The fourth-order valence-electron chi connectivity index (χ4n) is 3.39. The Balaban J connectivity index is 0.000000196. The highest BCUT2D eigenvalue weighted by Gasteiger charge is 2.22. The van der Waals surface area contributed by atoms with E-state index in [1.165, 1.54) is 23.4 Å². The number of rotatable bonds is 2. The van der Waals surface area contributed by atoms with Crippen LogP contribution in [0, 0.1) is 0 Å². The second kappa shape index (κ2) is 9.88. The molecule has 11 nitrogen and oxygen atoms in total. The Kier molecular flexibility index (Phi) is 7.19. The Bertz CT molecular complexity index is 1180. The quantitative estimate of drug-likeness (QED) is 0.603. The van der Waals surface area contributed by atoms with Crippen LogP contribution in [0.3, 0.4) is 0 Å². The molecule has 1 amide bonds. The normalized spacial score (nSPS) is 14.4. The number of nitrogens with zero attached hydrogens (tertiary/aromatic N) is 5.